The Morgan fingerprint density at radius 3 is 2.43 bits per heavy atom. The van der Waals surface area contributed by atoms with E-state index in [4.69, 9.17) is 9.15 Å². The van der Waals surface area contributed by atoms with Gasteiger partial charge in [0.05, 0.1) is 18.9 Å². The Bertz CT molecular complexity index is 986. The maximum absolute atomic E-state index is 12.3. The van der Waals surface area contributed by atoms with E-state index in [0.717, 1.165) is 17.9 Å². The first-order valence-electron chi connectivity index (χ1n) is 9.79. The average molecular weight is 407 g/mol. The highest BCUT2D eigenvalue weighted by Crippen LogP contribution is 2.20. The number of rotatable bonds is 9. The second-order valence-electron chi connectivity index (χ2n) is 6.78. The van der Waals surface area contributed by atoms with E-state index in [9.17, 15) is 9.59 Å². The van der Waals surface area contributed by atoms with E-state index in [1.165, 1.54) is 6.26 Å². The zero-order valence-corrected chi connectivity index (χ0v) is 17.0. The van der Waals surface area contributed by atoms with Gasteiger partial charge < -0.3 is 25.1 Å². The van der Waals surface area contributed by atoms with Crippen molar-refractivity contribution in [3.05, 3.63) is 72.7 Å². The fraction of sp³-hybridized carbons (Fsp3) is 0.217. The number of carbonyl (C=O) groups excluding carboxylic acids is 2. The van der Waals surface area contributed by atoms with Gasteiger partial charge in [0.15, 0.2) is 5.76 Å². The maximum Gasteiger partial charge on any atom is 0.291 e. The molecule has 30 heavy (non-hydrogen) atoms. The molecule has 2 aromatic carbocycles. The highest BCUT2D eigenvalue weighted by Gasteiger charge is 2.10. The third-order valence-corrected chi connectivity index (χ3v) is 4.35. The molecule has 0 radical (unpaired) electrons. The molecule has 0 aliphatic carbocycles. The molecule has 1 unspecified atom stereocenters. The second-order valence-corrected chi connectivity index (χ2v) is 6.78. The van der Waals surface area contributed by atoms with Crippen LogP contribution in [0, 0.1) is 0 Å². The van der Waals surface area contributed by atoms with Gasteiger partial charge in [0, 0.05) is 23.1 Å². The van der Waals surface area contributed by atoms with Gasteiger partial charge in [-0.2, -0.15) is 0 Å². The molecule has 7 nitrogen and oxygen atoms in total. The van der Waals surface area contributed by atoms with Gasteiger partial charge in [0.2, 0.25) is 5.91 Å². The van der Waals surface area contributed by atoms with Crippen LogP contribution in [0.5, 0.6) is 5.75 Å². The fourth-order valence-corrected chi connectivity index (χ4v) is 2.66. The third-order valence-electron chi connectivity index (χ3n) is 4.35. The Kier molecular flexibility index (Phi) is 7.10. The zero-order valence-electron chi connectivity index (χ0n) is 17.0. The van der Waals surface area contributed by atoms with Gasteiger partial charge in [0.1, 0.15) is 5.75 Å². The smallest absolute Gasteiger partial charge is 0.291 e. The summed E-state index contributed by atoms with van der Waals surface area (Å²) < 4.78 is 10.9. The van der Waals surface area contributed by atoms with Crippen molar-refractivity contribution in [1.29, 1.82) is 0 Å². The van der Waals surface area contributed by atoms with E-state index in [1.54, 1.807) is 36.4 Å². The lowest BCUT2D eigenvalue weighted by molar-refractivity contribution is -0.114. The van der Waals surface area contributed by atoms with E-state index in [2.05, 4.69) is 22.9 Å². The first kappa shape index (κ1) is 21.0. The SMILES string of the molecule is CCC(C)Oc1cccc(NCC(=O)Nc2cccc(NC(=O)c3ccco3)c2)c1. The standard InChI is InChI=1S/C23H25N3O4/c1-3-16(2)30-20-10-5-7-17(14-20)24-15-22(27)25-18-8-4-9-19(13-18)26-23(28)21-11-6-12-29-21/h4-14,16,24H,3,15H2,1-2H3,(H,25,27)(H,26,28). The van der Waals surface area contributed by atoms with Crippen LogP contribution in [0.15, 0.2) is 71.3 Å². The summed E-state index contributed by atoms with van der Waals surface area (Å²) in [6.07, 6.45) is 2.48. The van der Waals surface area contributed by atoms with E-state index < -0.39 is 0 Å². The summed E-state index contributed by atoms with van der Waals surface area (Å²) in [6, 6.07) is 17.6. The Hall–Kier alpha value is -3.74. The molecule has 1 aromatic heterocycles. The van der Waals surface area contributed by atoms with Crippen LogP contribution >= 0.6 is 0 Å². The van der Waals surface area contributed by atoms with E-state index in [0.29, 0.717) is 11.4 Å². The molecule has 0 saturated carbocycles. The monoisotopic (exact) mass is 407 g/mol. The minimum absolute atomic E-state index is 0.0930. The van der Waals surface area contributed by atoms with Crippen molar-refractivity contribution in [3.63, 3.8) is 0 Å². The molecule has 3 aromatic rings. The molecule has 0 fully saturated rings. The number of furan rings is 1. The highest BCUT2D eigenvalue weighted by atomic mass is 16.5. The first-order chi connectivity index (χ1) is 14.5. The number of amides is 2. The van der Waals surface area contributed by atoms with Gasteiger partial charge in [-0.25, -0.2) is 0 Å². The zero-order chi connectivity index (χ0) is 21.3. The number of hydrogen-bond donors (Lipinski definition) is 3. The van der Waals surface area contributed by atoms with E-state index in [1.807, 2.05) is 31.2 Å². The number of anilines is 3. The molecule has 3 N–H and O–H groups in total. The summed E-state index contributed by atoms with van der Waals surface area (Å²) >= 11 is 0. The molecule has 0 bridgehead atoms. The van der Waals surface area contributed by atoms with Gasteiger partial charge >= 0.3 is 0 Å². The minimum atomic E-state index is -0.357. The van der Waals surface area contributed by atoms with Crippen LogP contribution in [0.4, 0.5) is 17.1 Å². The van der Waals surface area contributed by atoms with Crippen molar-refractivity contribution >= 4 is 28.9 Å². The predicted octanol–water partition coefficient (Wildman–Crippen LogP) is 4.76. The third kappa shape index (κ3) is 6.13. The van der Waals surface area contributed by atoms with Crippen molar-refractivity contribution in [2.24, 2.45) is 0 Å². The number of hydrogen-bond acceptors (Lipinski definition) is 5. The number of benzene rings is 2. The largest absolute Gasteiger partial charge is 0.491 e. The summed E-state index contributed by atoms with van der Waals surface area (Å²) in [5, 5.41) is 8.63. The van der Waals surface area contributed by atoms with Crippen LogP contribution in [-0.4, -0.2) is 24.5 Å². The van der Waals surface area contributed by atoms with Crippen LogP contribution in [0.25, 0.3) is 0 Å². The molecule has 0 aliphatic rings. The van der Waals surface area contributed by atoms with Gasteiger partial charge in [-0.15, -0.1) is 0 Å². The van der Waals surface area contributed by atoms with Gasteiger partial charge in [-0.3, -0.25) is 9.59 Å². The van der Waals surface area contributed by atoms with Crippen LogP contribution in [0.2, 0.25) is 0 Å². The normalized spacial score (nSPS) is 11.4. The lowest BCUT2D eigenvalue weighted by atomic mass is 10.2. The van der Waals surface area contributed by atoms with Crippen molar-refractivity contribution in [1.82, 2.24) is 0 Å². The Balaban J connectivity index is 1.53. The predicted molar refractivity (Wildman–Crippen MR) is 117 cm³/mol. The van der Waals surface area contributed by atoms with Crippen molar-refractivity contribution in [2.75, 3.05) is 22.5 Å². The van der Waals surface area contributed by atoms with Gasteiger partial charge in [-0.1, -0.05) is 19.1 Å². The Morgan fingerprint density at radius 1 is 0.967 bits per heavy atom. The summed E-state index contributed by atoms with van der Waals surface area (Å²) in [5.74, 6) is 0.408. The topological polar surface area (TPSA) is 92.6 Å². The Labute approximate surface area is 175 Å². The lowest BCUT2D eigenvalue weighted by Gasteiger charge is -2.14. The minimum Gasteiger partial charge on any atom is -0.491 e. The maximum atomic E-state index is 12.3. The Morgan fingerprint density at radius 2 is 1.70 bits per heavy atom. The molecular formula is C23H25N3O4. The fourth-order valence-electron chi connectivity index (χ4n) is 2.66. The number of carbonyl (C=O) groups is 2. The summed E-state index contributed by atoms with van der Waals surface area (Å²) in [7, 11) is 0. The first-order valence-corrected chi connectivity index (χ1v) is 9.79. The summed E-state index contributed by atoms with van der Waals surface area (Å²) in [5.41, 5.74) is 1.93. The quantitative estimate of drug-likeness (QED) is 0.476. The molecule has 3 rings (SSSR count). The average Bonchev–Trinajstić information content (AvgIpc) is 3.28. The molecule has 1 atom stereocenters. The van der Waals surface area contributed by atoms with Crippen LogP contribution in [-0.2, 0) is 4.79 Å². The van der Waals surface area contributed by atoms with E-state index >= 15 is 0 Å². The lowest BCUT2D eigenvalue weighted by Crippen LogP contribution is -2.22. The molecule has 7 heteroatoms. The second kappa shape index (κ2) is 10.2. The van der Waals surface area contributed by atoms with Crippen LogP contribution < -0.4 is 20.7 Å². The molecule has 0 aliphatic heterocycles. The molecule has 2 amide bonds. The molecule has 1 heterocycles. The van der Waals surface area contributed by atoms with Crippen molar-refractivity contribution in [3.8, 4) is 5.75 Å². The summed E-state index contributed by atoms with van der Waals surface area (Å²) in [4.78, 5) is 24.4. The van der Waals surface area contributed by atoms with E-state index in [-0.39, 0.29) is 30.2 Å². The van der Waals surface area contributed by atoms with Crippen molar-refractivity contribution in [2.45, 2.75) is 26.4 Å². The van der Waals surface area contributed by atoms with Crippen LogP contribution in [0.1, 0.15) is 30.8 Å². The number of ether oxygens (including phenoxy) is 1. The van der Waals surface area contributed by atoms with Gasteiger partial charge in [0.25, 0.3) is 5.91 Å². The molecule has 0 saturated heterocycles. The van der Waals surface area contributed by atoms with Crippen LogP contribution in [0.3, 0.4) is 0 Å². The summed E-state index contributed by atoms with van der Waals surface area (Å²) in [6.45, 7) is 4.17. The number of nitrogens with one attached hydrogen (secondary N) is 3. The highest BCUT2D eigenvalue weighted by molar-refractivity contribution is 6.02. The van der Waals surface area contributed by atoms with Gasteiger partial charge in [-0.05, 0) is 55.8 Å². The van der Waals surface area contributed by atoms with Crippen molar-refractivity contribution < 1.29 is 18.7 Å². The molecule has 156 valence electrons. The molecular weight excluding hydrogens is 382 g/mol. The molecule has 0 spiro atoms.